The van der Waals surface area contributed by atoms with E-state index in [1.165, 1.54) is 24.4 Å². The molecule has 3 rings (SSSR count). The topological polar surface area (TPSA) is 118 Å². The summed E-state index contributed by atoms with van der Waals surface area (Å²) in [7, 11) is -3.79. The summed E-state index contributed by atoms with van der Waals surface area (Å²) >= 11 is 11.8. The number of hydrazone groups is 1. The molecule has 12 heteroatoms. The number of furan rings is 1. The lowest BCUT2D eigenvalue weighted by Gasteiger charge is -2.21. The molecule has 184 valence electrons. The molecule has 1 N–H and O–H groups in total. The van der Waals surface area contributed by atoms with Crippen LogP contribution in [0.3, 0.4) is 0 Å². The van der Waals surface area contributed by atoms with Crippen molar-refractivity contribution in [2.24, 2.45) is 5.10 Å². The maximum Gasteiger partial charge on any atom is 0.338 e. The second-order valence-corrected chi connectivity index (χ2v) is 9.88. The third-order valence-corrected chi connectivity index (χ3v) is 6.45. The average Bonchev–Trinajstić information content (AvgIpc) is 3.28. The van der Waals surface area contributed by atoms with Gasteiger partial charge >= 0.3 is 5.97 Å². The van der Waals surface area contributed by atoms with Gasteiger partial charge in [0.1, 0.15) is 18.1 Å². The summed E-state index contributed by atoms with van der Waals surface area (Å²) in [6.07, 6.45) is 2.24. The number of hydrogen-bond acceptors (Lipinski definition) is 7. The molecule has 1 aromatic heterocycles. The third-order valence-electron chi connectivity index (χ3n) is 4.57. The third kappa shape index (κ3) is 7.08. The Hall–Kier alpha value is -3.34. The van der Waals surface area contributed by atoms with Crippen LogP contribution in [-0.4, -0.2) is 45.9 Å². The molecule has 0 spiro atoms. The van der Waals surface area contributed by atoms with Crippen LogP contribution in [0.25, 0.3) is 11.3 Å². The van der Waals surface area contributed by atoms with E-state index in [4.69, 9.17) is 32.4 Å². The summed E-state index contributed by atoms with van der Waals surface area (Å²) in [5.74, 6) is -0.218. The van der Waals surface area contributed by atoms with Crippen LogP contribution in [0.2, 0.25) is 10.0 Å². The molecule has 0 saturated carbocycles. The lowest BCUT2D eigenvalue weighted by atomic mass is 10.1. The molecule has 0 fully saturated rings. The molecule has 1 amide bonds. The second kappa shape index (κ2) is 11.4. The van der Waals surface area contributed by atoms with Gasteiger partial charge in [0.05, 0.1) is 40.4 Å². The van der Waals surface area contributed by atoms with Crippen molar-refractivity contribution >= 4 is 57.0 Å². The fourth-order valence-electron chi connectivity index (χ4n) is 2.94. The minimum atomic E-state index is -3.79. The fourth-order valence-corrected chi connectivity index (χ4v) is 4.08. The van der Waals surface area contributed by atoms with Gasteiger partial charge in [-0.25, -0.2) is 18.6 Å². The van der Waals surface area contributed by atoms with Gasteiger partial charge in [0.15, 0.2) is 0 Å². The monoisotopic (exact) mass is 537 g/mol. The van der Waals surface area contributed by atoms with Gasteiger partial charge in [-0.05, 0) is 49.4 Å². The lowest BCUT2D eigenvalue weighted by molar-refractivity contribution is -0.119. The molecular formula is C23H21Cl2N3O6S. The lowest BCUT2D eigenvalue weighted by Crippen LogP contribution is -2.39. The summed E-state index contributed by atoms with van der Waals surface area (Å²) in [6, 6.07) is 14.3. The first-order valence-electron chi connectivity index (χ1n) is 10.2. The van der Waals surface area contributed by atoms with Crippen molar-refractivity contribution in [1.29, 1.82) is 0 Å². The molecule has 2 aromatic carbocycles. The van der Waals surface area contributed by atoms with E-state index in [1.54, 1.807) is 43.3 Å². The maximum atomic E-state index is 12.3. The van der Waals surface area contributed by atoms with Crippen LogP contribution in [0.15, 0.2) is 64.1 Å². The van der Waals surface area contributed by atoms with Crippen molar-refractivity contribution in [2.45, 2.75) is 6.92 Å². The predicted octanol–water partition coefficient (Wildman–Crippen LogP) is 4.35. The molecule has 0 aliphatic heterocycles. The molecule has 0 saturated heterocycles. The predicted molar refractivity (Wildman–Crippen MR) is 134 cm³/mol. The summed E-state index contributed by atoms with van der Waals surface area (Å²) in [6.45, 7) is 1.50. The highest BCUT2D eigenvalue weighted by molar-refractivity contribution is 7.92. The highest BCUT2D eigenvalue weighted by atomic mass is 35.5. The zero-order valence-electron chi connectivity index (χ0n) is 18.7. The Morgan fingerprint density at radius 1 is 1.09 bits per heavy atom. The highest BCUT2D eigenvalue weighted by Crippen LogP contribution is 2.28. The molecule has 0 atom stereocenters. The number of hydrogen-bond donors (Lipinski definition) is 1. The SMILES string of the molecule is CCOC(=O)c1ccc(-c2ccc(/C=N\NC(=O)CN(c3ccc(Cl)c(Cl)c3)S(C)(=O)=O)o2)cc1. The van der Waals surface area contributed by atoms with E-state index in [9.17, 15) is 18.0 Å². The van der Waals surface area contributed by atoms with Crippen LogP contribution in [0.5, 0.6) is 0 Å². The number of sulfonamides is 1. The first-order chi connectivity index (χ1) is 16.6. The number of nitrogens with one attached hydrogen (secondary N) is 1. The number of amides is 1. The first kappa shape index (κ1) is 26.3. The molecular weight excluding hydrogens is 517 g/mol. The molecule has 0 aliphatic rings. The van der Waals surface area contributed by atoms with E-state index in [0.717, 1.165) is 16.1 Å². The molecule has 0 bridgehead atoms. The molecule has 35 heavy (non-hydrogen) atoms. The quantitative estimate of drug-likeness (QED) is 0.246. The Balaban J connectivity index is 1.63. The molecule has 1 heterocycles. The van der Waals surface area contributed by atoms with E-state index < -0.39 is 28.4 Å². The summed E-state index contributed by atoms with van der Waals surface area (Å²) < 4.78 is 35.9. The Labute approximate surface area is 212 Å². The van der Waals surface area contributed by atoms with Crippen LogP contribution in [-0.2, 0) is 19.6 Å². The van der Waals surface area contributed by atoms with Crippen LogP contribution in [0.1, 0.15) is 23.0 Å². The fraction of sp³-hybridized carbons (Fsp3) is 0.174. The Morgan fingerprint density at radius 2 is 1.80 bits per heavy atom. The highest BCUT2D eigenvalue weighted by Gasteiger charge is 2.21. The minimum Gasteiger partial charge on any atom is -0.462 e. The maximum absolute atomic E-state index is 12.3. The molecule has 0 radical (unpaired) electrons. The van der Waals surface area contributed by atoms with Gasteiger partial charge < -0.3 is 9.15 Å². The van der Waals surface area contributed by atoms with Crippen LogP contribution in [0, 0.1) is 0 Å². The number of benzene rings is 2. The Bertz CT molecular complexity index is 1350. The standard InChI is InChI=1S/C23H21Cl2N3O6S/c1-3-33-23(30)16-6-4-15(5-7-16)21-11-9-18(34-21)13-26-27-22(29)14-28(35(2,31)32)17-8-10-19(24)20(25)12-17/h4-13H,3,14H2,1-2H3,(H,27,29)/b26-13-. The summed E-state index contributed by atoms with van der Waals surface area (Å²) in [5.41, 5.74) is 3.61. The number of nitrogens with zero attached hydrogens (tertiary/aromatic N) is 2. The van der Waals surface area contributed by atoms with E-state index in [2.05, 4.69) is 10.5 Å². The number of esters is 1. The summed E-state index contributed by atoms with van der Waals surface area (Å²) in [4.78, 5) is 24.1. The normalized spacial score (nSPS) is 11.4. The Morgan fingerprint density at radius 3 is 2.43 bits per heavy atom. The zero-order valence-corrected chi connectivity index (χ0v) is 21.0. The van der Waals surface area contributed by atoms with Crippen molar-refractivity contribution in [1.82, 2.24) is 5.43 Å². The average molecular weight is 538 g/mol. The number of halogens is 2. The first-order valence-corrected chi connectivity index (χ1v) is 12.8. The van der Waals surface area contributed by atoms with E-state index in [0.29, 0.717) is 23.7 Å². The van der Waals surface area contributed by atoms with Gasteiger partial charge in [0, 0.05) is 5.56 Å². The molecule has 0 aliphatic carbocycles. The van der Waals surface area contributed by atoms with Crippen LogP contribution >= 0.6 is 23.2 Å². The largest absolute Gasteiger partial charge is 0.462 e. The van der Waals surface area contributed by atoms with Gasteiger partial charge in [-0.15, -0.1) is 0 Å². The van der Waals surface area contributed by atoms with Crippen molar-refractivity contribution in [3.63, 3.8) is 0 Å². The molecule has 9 nitrogen and oxygen atoms in total. The Kier molecular flexibility index (Phi) is 8.55. The second-order valence-electron chi connectivity index (χ2n) is 7.16. The molecule has 0 unspecified atom stereocenters. The minimum absolute atomic E-state index is 0.153. The molecule has 3 aromatic rings. The van der Waals surface area contributed by atoms with Crippen molar-refractivity contribution in [3.05, 3.63) is 76.0 Å². The summed E-state index contributed by atoms with van der Waals surface area (Å²) in [5, 5.41) is 4.23. The van der Waals surface area contributed by atoms with Crippen molar-refractivity contribution < 1.29 is 27.2 Å². The smallest absolute Gasteiger partial charge is 0.338 e. The number of rotatable bonds is 9. The van der Waals surface area contributed by atoms with Crippen molar-refractivity contribution in [3.8, 4) is 11.3 Å². The number of anilines is 1. The van der Waals surface area contributed by atoms with Crippen molar-refractivity contribution in [2.75, 3.05) is 23.7 Å². The number of carbonyl (C=O) groups is 2. The van der Waals surface area contributed by atoms with E-state index >= 15 is 0 Å². The van der Waals surface area contributed by atoms with E-state index in [-0.39, 0.29) is 15.7 Å². The van der Waals surface area contributed by atoms with Gasteiger partial charge in [-0.1, -0.05) is 35.3 Å². The van der Waals surface area contributed by atoms with Gasteiger partial charge in [-0.3, -0.25) is 9.10 Å². The van der Waals surface area contributed by atoms with Gasteiger partial charge in [-0.2, -0.15) is 5.10 Å². The number of carbonyl (C=O) groups excluding carboxylic acids is 2. The van der Waals surface area contributed by atoms with Gasteiger partial charge in [0.2, 0.25) is 10.0 Å². The van der Waals surface area contributed by atoms with Gasteiger partial charge in [0.25, 0.3) is 5.91 Å². The van der Waals surface area contributed by atoms with E-state index in [1.807, 2.05) is 0 Å². The van der Waals surface area contributed by atoms with Crippen LogP contribution < -0.4 is 9.73 Å². The zero-order chi connectivity index (χ0) is 25.6. The number of ether oxygens (including phenoxy) is 1. The van der Waals surface area contributed by atoms with Crippen LogP contribution in [0.4, 0.5) is 5.69 Å².